The van der Waals surface area contributed by atoms with Gasteiger partial charge in [0.2, 0.25) is 23.6 Å². The lowest BCUT2D eigenvalue weighted by atomic mass is 10.0. The van der Waals surface area contributed by atoms with E-state index in [1.807, 2.05) is 13.8 Å². The van der Waals surface area contributed by atoms with E-state index in [9.17, 15) is 29.1 Å². The molecule has 0 saturated heterocycles. The van der Waals surface area contributed by atoms with Gasteiger partial charge in [-0.05, 0) is 24.3 Å². The maximum absolute atomic E-state index is 13.0. The molecule has 11 nitrogen and oxygen atoms in total. The molecule has 0 aliphatic rings. The van der Waals surface area contributed by atoms with Crippen molar-refractivity contribution in [3.8, 4) is 0 Å². The highest BCUT2D eigenvalue weighted by Gasteiger charge is 2.30. The van der Waals surface area contributed by atoms with Crippen molar-refractivity contribution in [3.63, 3.8) is 0 Å². The molecule has 4 atom stereocenters. The molecule has 4 unspecified atom stereocenters. The molecule has 1 aromatic carbocycles. The number of amides is 4. The Labute approximate surface area is 210 Å². The number of hydrogen-bond acceptors (Lipinski definition) is 7. The van der Waals surface area contributed by atoms with Crippen LogP contribution in [0.5, 0.6) is 0 Å². The van der Waals surface area contributed by atoms with Crippen LogP contribution in [0, 0.1) is 5.92 Å². The van der Waals surface area contributed by atoms with Gasteiger partial charge in [0.25, 0.3) is 0 Å². The number of benzene rings is 1. The van der Waals surface area contributed by atoms with Gasteiger partial charge in [0, 0.05) is 18.6 Å². The van der Waals surface area contributed by atoms with Gasteiger partial charge in [-0.2, -0.15) is 12.6 Å². The molecule has 12 heteroatoms. The third kappa shape index (κ3) is 11.2. The van der Waals surface area contributed by atoms with Crippen LogP contribution in [0.15, 0.2) is 30.3 Å². The molecule has 0 spiro atoms. The quantitative estimate of drug-likeness (QED) is 0.152. The minimum absolute atomic E-state index is 0.0536. The van der Waals surface area contributed by atoms with Crippen molar-refractivity contribution < 1.29 is 29.1 Å². The van der Waals surface area contributed by atoms with E-state index in [1.54, 1.807) is 30.3 Å². The summed E-state index contributed by atoms with van der Waals surface area (Å²) in [6.07, 6.45) is 0.0388. The van der Waals surface area contributed by atoms with Crippen molar-refractivity contribution in [1.82, 2.24) is 16.0 Å². The van der Waals surface area contributed by atoms with Gasteiger partial charge < -0.3 is 32.5 Å². The third-order valence-corrected chi connectivity index (χ3v) is 5.45. The summed E-state index contributed by atoms with van der Waals surface area (Å²) in [4.78, 5) is 60.9. The van der Waals surface area contributed by atoms with Crippen LogP contribution >= 0.6 is 12.6 Å². The number of nitrogens with one attached hydrogen (secondary N) is 3. The SMILES string of the molecule is CC(C)CC(N)C(=O)NC(CS)C(=O)NC(Cc1ccccc1)C(=O)NC(CCC(N)=O)C(=O)O. The van der Waals surface area contributed by atoms with Crippen LogP contribution in [0.2, 0.25) is 0 Å². The number of aliphatic carboxylic acids is 1. The second-order valence-corrected chi connectivity index (χ2v) is 9.00. The first-order chi connectivity index (χ1) is 16.4. The molecule has 0 radical (unpaired) electrons. The Bertz CT molecular complexity index is 882. The number of thiol groups is 1. The molecule has 35 heavy (non-hydrogen) atoms. The second-order valence-electron chi connectivity index (χ2n) is 8.64. The number of carbonyl (C=O) groups excluding carboxylic acids is 4. The molecule has 0 bridgehead atoms. The Balaban J connectivity index is 3.00. The van der Waals surface area contributed by atoms with Crippen molar-refractivity contribution in [2.24, 2.45) is 17.4 Å². The van der Waals surface area contributed by atoms with Crippen LogP contribution < -0.4 is 27.4 Å². The van der Waals surface area contributed by atoms with Crippen LogP contribution in [0.3, 0.4) is 0 Å². The minimum atomic E-state index is -1.38. The maximum atomic E-state index is 13.0. The fourth-order valence-corrected chi connectivity index (χ4v) is 3.49. The molecule has 8 N–H and O–H groups in total. The zero-order chi connectivity index (χ0) is 26.5. The molecule has 0 heterocycles. The predicted octanol–water partition coefficient (Wildman–Crippen LogP) is -0.663. The minimum Gasteiger partial charge on any atom is -0.480 e. The normalized spacial score (nSPS) is 14.3. The third-order valence-electron chi connectivity index (χ3n) is 5.09. The second kappa shape index (κ2) is 15.0. The average Bonchev–Trinajstić information content (AvgIpc) is 2.79. The molecule has 0 fully saturated rings. The van der Waals surface area contributed by atoms with Crippen molar-refractivity contribution in [2.45, 2.75) is 63.7 Å². The summed E-state index contributed by atoms with van der Waals surface area (Å²) in [5.74, 6) is -3.89. The van der Waals surface area contributed by atoms with Crippen molar-refractivity contribution in [3.05, 3.63) is 35.9 Å². The van der Waals surface area contributed by atoms with Crippen molar-refractivity contribution in [1.29, 1.82) is 0 Å². The van der Waals surface area contributed by atoms with E-state index in [0.29, 0.717) is 12.0 Å². The van der Waals surface area contributed by atoms with Gasteiger partial charge in [0.1, 0.15) is 18.1 Å². The highest BCUT2D eigenvalue weighted by Crippen LogP contribution is 2.07. The molecule has 0 saturated carbocycles. The lowest BCUT2D eigenvalue weighted by Crippen LogP contribution is -2.58. The average molecular weight is 510 g/mol. The van der Waals surface area contributed by atoms with Gasteiger partial charge in [-0.1, -0.05) is 44.2 Å². The summed E-state index contributed by atoms with van der Waals surface area (Å²) in [5, 5.41) is 16.9. The van der Waals surface area contributed by atoms with Gasteiger partial charge in [0.15, 0.2) is 0 Å². The zero-order valence-corrected chi connectivity index (χ0v) is 20.8. The number of carbonyl (C=O) groups is 5. The number of hydrogen-bond donors (Lipinski definition) is 7. The van der Waals surface area contributed by atoms with Gasteiger partial charge in [0.05, 0.1) is 6.04 Å². The molecule has 1 rings (SSSR count). The monoisotopic (exact) mass is 509 g/mol. The van der Waals surface area contributed by atoms with E-state index in [2.05, 4.69) is 28.6 Å². The first-order valence-electron chi connectivity index (χ1n) is 11.3. The molecule has 0 aromatic heterocycles. The lowest BCUT2D eigenvalue weighted by Gasteiger charge is -2.25. The van der Waals surface area contributed by atoms with E-state index in [0.717, 1.165) is 0 Å². The van der Waals surface area contributed by atoms with E-state index >= 15 is 0 Å². The Hall–Kier alpha value is -3.12. The molecular formula is C23H35N5O6S. The Kier molecular flexibility index (Phi) is 12.8. The predicted molar refractivity (Wildman–Crippen MR) is 133 cm³/mol. The van der Waals surface area contributed by atoms with Gasteiger partial charge in [-0.25, -0.2) is 4.79 Å². The first kappa shape index (κ1) is 29.9. The smallest absolute Gasteiger partial charge is 0.326 e. The van der Waals surface area contributed by atoms with E-state index in [-0.39, 0.29) is 30.9 Å². The number of carboxylic acid groups (broad SMARTS) is 1. The number of carboxylic acids is 1. The first-order valence-corrected chi connectivity index (χ1v) is 11.9. The van der Waals surface area contributed by atoms with Gasteiger partial charge >= 0.3 is 5.97 Å². The fraction of sp³-hybridized carbons (Fsp3) is 0.522. The summed E-state index contributed by atoms with van der Waals surface area (Å²) >= 11 is 4.13. The fourth-order valence-electron chi connectivity index (χ4n) is 3.24. The number of primary amides is 1. The molecule has 4 amide bonds. The Morgan fingerprint density at radius 1 is 0.914 bits per heavy atom. The summed E-state index contributed by atoms with van der Waals surface area (Å²) in [6, 6.07) is 4.37. The van der Waals surface area contributed by atoms with Gasteiger partial charge in [-0.3, -0.25) is 19.2 Å². The molecular weight excluding hydrogens is 474 g/mol. The molecule has 1 aromatic rings. The van der Waals surface area contributed by atoms with E-state index in [1.165, 1.54) is 0 Å². The summed E-state index contributed by atoms with van der Waals surface area (Å²) in [6.45, 7) is 3.83. The standard InChI is InChI=1S/C23H35N5O6S/c1-13(2)10-15(24)20(30)28-18(12-35)22(32)27-17(11-14-6-4-3-5-7-14)21(31)26-16(23(33)34)8-9-19(25)29/h3-7,13,15-18,35H,8-12,24H2,1-2H3,(H2,25,29)(H,26,31)(H,27,32)(H,28,30)(H,33,34). The van der Waals surface area contributed by atoms with Crippen molar-refractivity contribution in [2.75, 3.05) is 5.75 Å². The van der Waals surface area contributed by atoms with Crippen LogP contribution in [0.1, 0.15) is 38.7 Å². The highest BCUT2D eigenvalue weighted by molar-refractivity contribution is 7.80. The summed E-state index contributed by atoms with van der Waals surface area (Å²) in [5.41, 5.74) is 11.7. The molecule has 194 valence electrons. The molecule has 0 aliphatic heterocycles. The Morgan fingerprint density at radius 3 is 1.97 bits per heavy atom. The van der Waals surface area contributed by atoms with Crippen molar-refractivity contribution >= 4 is 42.2 Å². The van der Waals surface area contributed by atoms with Crippen LogP contribution in [0.25, 0.3) is 0 Å². The van der Waals surface area contributed by atoms with Crippen LogP contribution in [-0.4, -0.2) is 64.6 Å². The topological polar surface area (TPSA) is 194 Å². The maximum Gasteiger partial charge on any atom is 0.326 e. The summed E-state index contributed by atoms with van der Waals surface area (Å²) < 4.78 is 0. The number of rotatable bonds is 15. The molecule has 0 aliphatic carbocycles. The van der Waals surface area contributed by atoms with E-state index in [4.69, 9.17) is 11.5 Å². The Morgan fingerprint density at radius 2 is 1.46 bits per heavy atom. The highest BCUT2D eigenvalue weighted by atomic mass is 32.1. The lowest BCUT2D eigenvalue weighted by molar-refractivity contribution is -0.142. The summed E-state index contributed by atoms with van der Waals surface area (Å²) in [7, 11) is 0. The van der Waals surface area contributed by atoms with Crippen LogP contribution in [-0.2, 0) is 30.4 Å². The largest absolute Gasteiger partial charge is 0.480 e. The van der Waals surface area contributed by atoms with E-state index < -0.39 is 53.8 Å². The number of nitrogens with two attached hydrogens (primary N) is 2. The zero-order valence-electron chi connectivity index (χ0n) is 19.9. The van der Waals surface area contributed by atoms with Gasteiger partial charge in [-0.15, -0.1) is 0 Å². The van der Waals surface area contributed by atoms with Crippen LogP contribution in [0.4, 0.5) is 0 Å².